The second-order valence-electron chi connectivity index (χ2n) is 3.61. The van der Waals surface area contributed by atoms with Gasteiger partial charge in [0.05, 0.1) is 17.9 Å². The highest BCUT2D eigenvalue weighted by Gasteiger charge is 2.16. The normalized spacial score (nSPS) is 19.9. The molecular formula is C10H14N2OS. The summed E-state index contributed by atoms with van der Waals surface area (Å²) in [5, 5.41) is 10.00. The van der Waals surface area contributed by atoms with Crippen LogP contribution in [-0.2, 0) is 0 Å². The molecule has 1 atom stereocenters. The first kappa shape index (κ1) is 9.80. The Hall–Kier alpha value is -0.740. The summed E-state index contributed by atoms with van der Waals surface area (Å²) in [6.45, 7) is 0. The zero-order valence-electron chi connectivity index (χ0n) is 8.02. The number of nitrogens with zero attached hydrogens (tertiary/aromatic N) is 2. The fourth-order valence-electron chi connectivity index (χ4n) is 1.77. The van der Waals surface area contributed by atoms with Gasteiger partial charge < -0.3 is 5.11 Å². The third kappa shape index (κ3) is 2.19. The van der Waals surface area contributed by atoms with Crippen LogP contribution < -0.4 is 0 Å². The molecule has 1 unspecified atom stereocenters. The van der Waals surface area contributed by atoms with E-state index in [0.29, 0.717) is 5.69 Å². The van der Waals surface area contributed by atoms with Gasteiger partial charge in [0.25, 0.3) is 0 Å². The van der Waals surface area contributed by atoms with E-state index in [0.717, 1.165) is 30.1 Å². The van der Waals surface area contributed by atoms with Crippen LogP contribution in [0, 0.1) is 0 Å². The fourth-order valence-corrected chi connectivity index (χ4v) is 2.21. The fraction of sp³-hybridized carbons (Fsp3) is 0.600. The van der Waals surface area contributed by atoms with Crippen molar-refractivity contribution in [1.82, 2.24) is 8.75 Å². The van der Waals surface area contributed by atoms with Gasteiger partial charge in [-0.3, -0.25) is 0 Å². The summed E-state index contributed by atoms with van der Waals surface area (Å²) < 4.78 is 7.97. The molecule has 4 heteroatoms. The van der Waals surface area contributed by atoms with Crippen LogP contribution in [0.1, 0.15) is 43.9 Å². The molecule has 1 aromatic heterocycles. The smallest absolute Gasteiger partial charge is 0.120 e. The molecule has 1 aliphatic carbocycles. The van der Waals surface area contributed by atoms with Crippen LogP contribution >= 0.6 is 11.7 Å². The third-order valence-electron chi connectivity index (χ3n) is 2.59. The van der Waals surface area contributed by atoms with Gasteiger partial charge in [-0.1, -0.05) is 12.5 Å². The first-order valence-electron chi connectivity index (χ1n) is 5.02. The third-order valence-corrected chi connectivity index (χ3v) is 3.08. The summed E-state index contributed by atoms with van der Waals surface area (Å²) in [5.41, 5.74) is 1.82. The van der Waals surface area contributed by atoms with E-state index < -0.39 is 6.10 Å². The van der Waals surface area contributed by atoms with Crippen molar-refractivity contribution in [3.8, 4) is 0 Å². The Morgan fingerprint density at radius 2 is 2.29 bits per heavy atom. The van der Waals surface area contributed by atoms with Gasteiger partial charge in [0.1, 0.15) is 11.8 Å². The zero-order valence-corrected chi connectivity index (χ0v) is 8.83. The Balaban J connectivity index is 2.10. The van der Waals surface area contributed by atoms with Gasteiger partial charge in [0.15, 0.2) is 0 Å². The molecular weight excluding hydrogens is 196 g/mol. The van der Waals surface area contributed by atoms with Crippen molar-refractivity contribution in [2.75, 3.05) is 0 Å². The topological polar surface area (TPSA) is 46.0 Å². The monoisotopic (exact) mass is 210 g/mol. The van der Waals surface area contributed by atoms with Crippen molar-refractivity contribution >= 4 is 11.7 Å². The molecule has 0 radical (unpaired) electrons. The lowest BCUT2D eigenvalue weighted by Gasteiger charge is -2.10. The molecule has 0 fully saturated rings. The number of aliphatic hydroxyl groups excluding tert-OH is 1. The number of aromatic nitrogens is 2. The van der Waals surface area contributed by atoms with E-state index in [1.54, 1.807) is 6.20 Å². The van der Waals surface area contributed by atoms with Gasteiger partial charge in [0.2, 0.25) is 0 Å². The summed E-state index contributed by atoms with van der Waals surface area (Å²) in [6.07, 6.45) is 9.07. The van der Waals surface area contributed by atoms with E-state index in [-0.39, 0.29) is 0 Å². The van der Waals surface area contributed by atoms with Crippen molar-refractivity contribution in [1.29, 1.82) is 0 Å². The number of aliphatic hydroxyl groups is 1. The van der Waals surface area contributed by atoms with Gasteiger partial charge in [0, 0.05) is 0 Å². The van der Waals surface area contributed by atoms with Crippen LogP contribution in [-0.4, -0.2) is 13.9 Å². The molecule has 0 saturated heterocycles. The lowest BCUT2D eigenvalue weighted by Crippen LogP contribution is -2.01. The Bertz CT molecular complexity index is 308. The largest absolute Gasteiger partial charge is 0.382 e. The molecule has 1 heterocycles. The maximum atomic E-state index is 10.00. The van der Waals surface area contributed by atoms with E-state index in [9.17, 15) is 5.11 Å². The van der Waals surface area contributed by atoms with Crippen LogP contribution in [0.4, 0.5) is 0 Å². The number of allylic oxidation sites excluding steroid dienone is 1. The van der Waals surface area contributed by atoms with Crippen LogP contribution in [0.15, 0.2) is 17.8 Å². The quantitative estimate of drug-likeness (QED) is 0.763. The second kappa shape index (κ2) is 4.66. The summed E-state index contributed by atoms with van der Waals surface area (Å²) in [5.74, 6) is 0. The average molecular weight is 210 g/mol. The predicted octanol–water partition coefficient (Wildman–Crippen LogP) is 2.46. The molecule has 2 rings (SSSR count). The Labute approximate surface area is 87.8 Å². The number of hydrogen-bond donors (Lipinski definition) is 1. The summed E-state index contributed by atoms with van der Waals surface area (Å²) >= 11 is 1.15. The van der Waals surface area contributed by atoms with Crippen LogP contribution in [0.3, 0.4) is 0 Å². The highest BCUT2D eigenvalue weighted by molar-refractivity contribution is 6.99. The standard InChI is InChI=1S/C10H14N2OS/c13-10(9-7-11-14-12-9)8-5-3-1-2-4-6-8/h5,7,10,13H,1-4,6H2. The molecule has 14 heavy (non-hydrogen) atoms. The maximum Gasteiger partial charge on any atom is 0.120 e. The minimum Gasteiger partial charge on any atom is -0.382 e. The molecule has 1 aromatic rings. The van der Waals surface area contributed by atoms with Crippen molar-refractivity contribution in [2.24, 2.45) is 0 Å². The molecule has 0 saturated carbocycles. The minimum absolute atomic E-state index is 0.521. The highest BCUT2D eigenvalue weighted by atomic mass is 32.1. The van der Waals surface area contributed by atoms with Gasteiger partial charge in [-0.25, -0.2) is 0 Å². The Kier molecular flexibility index (Phi) is 3.26. The molecule has 1 N–H and O–H groups in total. The van der Waals surface area contributed by atoms with E-state index in [4.69, 9.17) is 0 Å². The van der Waals surface area contributed by atoms with E-state index in [1.807, 2.05) is 0 Å². The van der Waals surface area contributed by atoms with Crippen molar-refractivity contribution < 1.29 is 5.11 Å². The highest BCUT2D eigenvalue weighted by Crippen LogP contribution is 2.27. The van der Waals surface area contributed by atoms with Gasteiger partial charge >= 0.3 is 0 Å². The molecule has 3 nitrogen and oxygen atoms in total. The average Bonchev–Trinajstić information content (AvgIpc) is 2.59. The molecule has 0 amide bonds. The summed E-state index contributed by atoms with van der Waals surface area (Å²) in [4.78, 5) is 0. The first-order chi connectivity index (χ1) is 6.88. The first-order valence-corrected chi connectivity index (χ1v) is 5.75. The Morgan fingerprint density at radius 3 is 3.07 bits per heavy atom. The van der Waals surface area contributed by atoms with Gasteiger partial charge in [-0.05, 0) is 31.3 Å². The summed E-state index contributed by atoms with van der Waals surface area (Å²) in [6, 6.07) is 0. The minimum atomic E-state index is -0.521. The van der Waals surface area contributed by atoms with Crippen LogP contribution in [0.2, 0.25) is 0 Å². The van der Waals surface area contributed by atoms with Gasteiger partial charge in [-0.2, -0.15) is 8.75 Å². The molecule has 0 aromatic carbocycles. The van der Waals surface area contributed by atoms with Crippen LogP contribution in [0.5, 0.6) is 0 Å². The molecule has 76 valence electrons. The zero-order chi connectivity index (χ0) is 9.80. The van der Waals surface area contributed by atoms with Gasteiger partial charge in [-0.15, -0.1) is 0 Å². The molecule has 0 aliphatic heterocycles. The van der Waals surface area contributed by atoms with Crippen molar-refractivity contribution in [3.63, 3.8) is 0 Å². The maximum absolute atomic E-state index is 10.00. The molecule has 0 spiro atoms. The van der Waals surface area contributed by atoms with E-state index in [1.165, 1.54) is 19.3 Å². The Morgan fingerprint density at radius 1 is 1.36 bits per heavy atom. The predicted molar refractivity (Wildman–Crippen MR) is 56.0 cm³/mol. The number of hydrogen-bond acceptors (Lipinski definition) is 4. The molecule has 0 bridgehead atoms. The van der Waals surface area contributed by atoms with Crippen LogP contribution in [0.25, 0.3) is 0 Å². The lowest BCUT2D eigenvalue weighted by atomic mass is 10.0. The SMILES string of the molecule is OC(C1=CCCCCC1)c1cnsn1. The second-order valence-corrected chi connectivity index (χ2v) is 4.17. The molecule has 1 aliphatic rings. The van der Waals surface area contributed by atoms with Crippen molar-refractivity contribution in [3.05, 3.63) is 23.5 Å². The van der Waals surface area contributed by atoms with Crippen molar-refractivity contribution in [2.45, 2.75) is 38.2 Å². The van der Waals surface area contributed by atoms with E-state index in [2.05, 4.69) is 14.8 Å². The summed E-state index contributed by atoms with van der Waals surface area (Å²) in [7, 11) is 0. The number of rotatable bonds is 2. The van der Waals surface area contributed by atoms with E-state index >= 15 is 0 Å². The lowest BCUT2D eigenvalue weighted by molar-refractivity contribution is 0.207.